The van der Waals surface area contributed by atoms with Crippen LogP contribution in [-0.4, -0.2) is 53.8 Å². The fourth-order valence-electron chi connectivity index (χ4n) is 5.06. The molecule has 3 aromatic rings. The van der Waals surface area contributed by atoms with E-state index in [9.17, 15) is 18.4 Å². The Morgan fingerprint density at radius 2 is 1.58 bits per heavy atom. The van der Waals surface area contributed by atoms with Crippen molar-refractivity contribution in [1.29, 1.82) is 0 Å². The Bertz CT molecular complexity index is 1300. The number of likely N-dealkylation sites (tertiary alicyclic amines) is 2. The van der Waals surface area contributed by atoms with Gasteiger partial charge in [0.15, 0.2) is 0 Å². The molecule has 2 aliphatic rings. The number of halogens is 2. The smallest absolute Gasteiger partial charge is 0.253 e. The molecule has 2 amide bonds. The quantitative estimate of drug-likeness (QED) is 0.530. The number of amides is 2. The van der Waals surface area contributed by atoms with E-state index < -0.39 is 0 Å². The second-order valence-electron chi connectivity index (χ2n) is 9.66. The number of carbonyl (C=O) groups is 2. The molecular weight excluding hydrogens is 460 g/mol. The van der Waals surface area contributed by atoms with E-state index in [-0.39, 0.29) is 29.5 Å². The molecule has 1 N–H and O–H groups in total. The maximum Gasteiger partial charge on any atom is 0.253 e. The van der Waals surface area contributed by atoms with Crippen LogP contribution in [0.15, 0.2) is 72.3 Å². The van der Waals surface area contributed by atoms with E-state index in [4.69, 9.17) is 0 Å². The van der Waals surface area contributed by atoms with Gasteiger partial charge in [0.25, 0.3) is 5.91 Å². The van der Waals surface area contributed by atoms with E-state index in [2.05, 4.69) is 16.3 Å². The minimum Gasteiger partial charge on any atom is -0.348 e. The van der Waals surface area contributed by atoms with Gasteiger partial charge in [0.05, 0.1) is 0 Å². The van der Waals surface area contributed by atoms with E-state index in [0.717, 1.165) is 42.4 Å². The zero-order chi connectivity index (χ0) is 25.1. The number of hydrogen-bond acceptors (Lipinski definition) is 3. The summed E-state index contributed by atoms with van der Waals surface area (Å²) in [6.07, 6.45) is 3.89. The van der Waals surface area contributed by atoms with Gasteiger partial charge in [-0.3, -0.25) is 14.5 Å². The van der Waals surface area contributed by atoms with Gasteiger partial charge in [-0.05, 0) is 78.1 Å². The summed E-state index contributed by atoms with van der Waals surface area (Å²) in [6, 6.07) is 16.6. The number of hydrogen-bond donors (Lipinski definition) is 1. The van der Waals surface area contributed by atoms with Gasteiger partial charge in [0.1, 0.15) is 11.6 Å². The lowest BCUT2D eigenvalue weighted by atomic mass is 10.0. The van der Waals surface area contributed by atoms with Gasteiger partial charge in [0, 0.05) is 50.4 Å². The second kappa shape index (κ2) is 10.6. The molecule has 0 aliphatic carbocycles. The predicted molar refractivity (Wildman–Crippen MR) is 135 cm³/mol. The molecule has 1 atom stereocenters. The molecular formula is C29H29F2N3O2. The van der Waals surface area contributed by atoms with Crippen molar-refractivity contribution in [2.24, 2.45) is 0 Å². The average molecular weight is 490 g/mol. The SMILES string of the molecule is O=C(C=C1CCN(C(=O)c2ccc(F)cc2)CC1)N[C@@H]1CCN(Cc2ccc3cc(F)ccc3c2)C1. The first-order valence-electron chi connectivity index (χ1n) is 12.4. The molecule has 0 aromatic heterocycles. The first-order valence-corrected chi connectivity index (χ1v) is 12.4. The molecule has 0 unspecified atom stereocenters. The van der Waals surface area contributed by atoms with Gasteiger partial charge in [-0.25, -0.2) is 8.78 Å². The highest BCUT2D eigenvalue weighted by atomic mass is 19.1. The Labute approximate surface area is 209 Å². The van der Waals surface area contributed by atoms with E-state index in [1.807, 2.05) is 12.1 Å². The number of piperidine rings is 1. The van der Waals surface area contributed by atoms with E-state index >= 15 is 0 Å². The highest BCUT2D eigenvalue weighted by Gasteiger charge is 2.25. The van der Waals surface area contributed by atoms with Crippen molar-refractivity contribution in [3.8, 4) is 0 Å². The van der Waals surface area contributed by atoms with Crippen LogP contribution in [0, 0.1) is 11.6 Å². The zero-order valence-electron chi connectivity index (χ0n) is 20.1. The molecule has 2 heterocycles. The maximum absolute atomic E-state index is 13.4. The molecule has 2 aliphatic heterocycles. The highest BCUT2D eigenvalue weighted by molar-refractivity contribution is 5.94. The predicted octanol–water partition coefficient (Wildman–Crippen LogP) is 4.67. The summed E-state index contributed by atoms with van der Waals surface area (Å²) >= 11 is 0. The molecule has 5 nitrogen and oxygen atoms in total. The topological polar surface area (TPSA) is 52.7 Å². The Morgan fingerprint density at radius 3 is 2.36 bits per heavy atom. The van der Waals surface area contributed by atoms with Gasteiger partial charge in [-0.2, -0.15) is 0 Å². The zero-order valence-corrected chi connectivity index (χ0v) is 20.1. The normalized spacial score (nSPS) is 18.4. The number of nitrogens with one attached hydrogen (secondary N) is 1. The third kappa shape index (κ3) is 5.79. The Hall–Kier alpha value is -3.58. The lowest BCUT2D eigenvalue weighted by Gasteiger charge is -2.28. The standard InChI is InChI=1S/C29H29F2N3O2/c30-25-6-3-22(4-7-25)29(36)34-13-9-20(10-14-34)16-28(35)32-27-11-12-33(19-27)18-21-1-2-24-17-26(31)8-5-23(24)15-21/h1-8,15-17,27H,9-14,18-19H2,(H,32,35)/t27-/m1/s1. The average Bonchev–Trinajstić information content (AvgIpc) is 3.31. The molecule has 186 valence electrons. The summed E-state index contributed by atoms with van der Waals surface area (Å²) in [7, 11) is 0. The van der Waals surface area contributed by atoms with Gasteiger partial charge in [0.2, 0.25) is 5.91 Å². The Balaban J connectivity index is 1.09. The summed E-state index contributed by atoms with van der Waals surface area (Å²) < 4.78 is 26.5. The van der Waals surface area contributed by atoms with Crippen LogP contribution >= 0.6 is 0 Å². The monoisotopic (exact) mass is 489 g/mol. The number of carbonyl (C=O) groups excluding carboxylic acids is 2. The molecule has 2 saturated heterocycles. The van der Waals surface area contributed by atoms with Crippen molar-refractivity contribution in [3.63, 3.8) is 0 Å². The van der Waals surface area contributed by atoms with Crippen molar-refractivity contribution in [2.45, 2.75) is 31.8 Å². The number of nitrogens with zero attached hydrogens (tertiary/aromatic N) is 2. The van der Waals surface area contributed by atoms with Crippen LogP contribution in [0.1, 0.15) is 35.2 Å². The van der Waals surface area contributed by atoms with E-state index in [0.29, 0.717) is 31.5 Å². The van der Waals surface area contributed by atoms with Gasteiger partial charge < -0.3 is 10.2 Å². The Kier molecular flexibility index (Phi) is 7.09. The van der Waals surface area contributed by atoms with E-state index in [1.54, 1.807) is 23.1 Å². The Morgan fingerprint density at radius 1 is 0.889 bits per heavy atom. The van der Waals surface area contributed by atoms with Crippen LogP contribution < -0.4 is 5.32 Å². The first-order chi connectivity index (χ1) is 17.4. The largest absolute Gasteiger partial charge is 0.348 e. The third-order valence-corrected chi connectivity index (χ3v) is 7.01. The van der Waals surface area contributed by atoms with E-state index in [1.165, 1.54) is 35.9 Å². The molecule has 5 rings (SSSR count). The summed E-state index contributed by atoms with van der Waals surface area (Å²) in [5, 5.41) is 5.04. The van der Waals surface area contributed by atoms with Gasteiger partial charge in [-0.1, -0.05) is 23.8 Å². The fourth-order valence-corrected chi connectivity index (χ4v) is 5.06. The summed E-state index contributed by atoms with van der Waals surface area (Å²) in [4.78, 5) is 29.3. The number of rotatable bonds is 5. The van der Waals surface area contributed by atoms with Crippen molar-refractivity contribution >= 4 is 22.6 Å². The molecule has 0 bridgehead atoms. The van der Waals surface area contributed by atoms with Gasteiger partial charge in [-0.15, -0.1) is 0 Å². The highest BCUT2D eigenvalue weighted by Crippen LogP contribution is 2.21. The minimum atomic E-state index is -0.363. The van der Waals surface area contributed by atoms with Crippen LogP contribution in [0.25, 0.3) is 10.8 Å². The fraction of sp³-hybridized carbons (Fsp3) is 0.310. The molecule has 3 aromatic carbocycles. The molecule has 36 heavy (non-hydrogen) atoms. The summed E-state index contributed by atoms with van der Waals surface area (Å²) in [5.41, 5.74) is 2.69. The van der Waals surface area contributed by atoms with Crippen LogP contribution in [0.4, 0.5) is 8.78 Å². The van der Waals surface area contributed by atoms with Crippen molar-refractivity contribution in [1.82, 2.24) is 15.1 Å². The lowest BCUT2D eigenvalue weighted by molar-refractivity contribution is -0.117. The van der Waals surface area contributed by atoms with Crippen molar-refractivity contribution < 1.29 is 18.4 Å². The second-order valence-corrected chi connectivity index (χ2v) is 9.66. The van der Waals surface area contributed by atoms with Crippen molar-refractivity contribution in [3.05, 3.63) is 95.1 Å². The molecule has 2 fully saturated rings. The van der Waals surface area contributed by atoms with Gasteiger partial charge >= 0.3 is 0 Å². The van der Waals surface area contributed by atoms with Crippen LogP contribution in [0.3, 0.4) is 0 Å². The maximum atomic E-state index is 13.4. The van der Waals surface area contributed by atoms with Crippen LogP contribution in [-0.2, 0) is 11.3 Å². The molecule has 0 spiro atoms. The van der Waals surface area contributed by atoms with Crippen LogP contribution in [0.2, 0.25) is 0 Å². The summed E-state index contributed by atoms with van der Waals surface area (Å²) in [5.74, 6) is -0.781. The lowest BCUT2D eigenvalue weighted by Crippen LogP contribution is -2.38. The third-order valence-electron chi connectivity index (χ3n) is 7.01. The molecule has 0 saturated carbocycles. The molecule has 0 radical (unpaired) electrons. The first kappa shape index (κ1) is 24.1. The number of fused-ring (bicyclic) bond motifs is 1. The molecule has 7 heteroatoms. The van der Waals surface area contributed by atoms with Crippen molar-refractivity contribution in [2.75, 3.05) is 26.2 Å². The summed E-state index contributed by atoms with van der Waals surface area (Å²) in [6.45, 7) is 3.58. The van der Waals surface area contributed by atoms with Crippen LogP contribution in [0.5, 0.6) is 0 Å². The number of benzene rings is 3. The minimum absolute atomic E-state index is 0.0807.